The Labute approximate surface area is 134 Å². The summed E-state index contributed by atoms with van der Waals surface area (Å²) in [6.45, 7) is 0. The van der Waals surface area contributed by atoms with E-state index in [-0.39, 0.29) is 35.5 Å². The third-order valence-electron chi connectivity index (χ3n) is 5.09. The lowest BCUT2D eigenvalue weighted by Gasteiger charge is -2.37. The number of allylic oxidation sites excluding steroid dienone is 2. The predicted octanol–water partition coefficient (Wildman–Crippen LogP) is 1.88. The van der Waals surface area contributed by atoms with E-state index in [9.17, 15) is 9.59 Å². The minimum Gasteiger partial charge on any atom is -0.440 e. The molecule has 2 bridgehead atoms. The average Bonchev–Trinajstić information content (AvgIpc) is 3.13. The molecule has 2 heterocycles. The molecule has 3 aliphatic carbocycles. The molecule has 0 aromatic carbocycles. The zero-order valence-corrected chi connectivity index (χ0v) is 13.2. The number of nitrogens with zero attached hydrogens (tertiary/aromatic N) is 3. The van der Waals surface area contributed by atoms with Crippen LogP contribution < -0.4 is 4.90 Å². The van der Waals surface area contributed by atoms with Crippen LogP contribution in [0.2, 0.25) is 0 Å². The molecule has 1 aromatic heterocycles. The van der Waals surface area contributed by atoms with Crippen LogP contribution in [0.15, 0.2) is 33.8 Å². The number of anilines is 1. The van der Waals surface area contributed by atoms with E-state index in [2.05, 4.69) is 17.3 Å². The van der Waals surface area contributed by atoms with Crippen molar-refractivity contribution in [3.8, 4) is 0 Å². The van der Waals surface area contributed by atoms with Gasteiger partial charge in [-0.1, -0.05) is 12.2 Å². The van der Waals surface area contributed by atoms with Gasteiger partial charge in [0.25, 0.3) is 11.8 Å². The fourth-order valence-electron chi connectivity index (χ4n) is 3.94. The van der Waals surface area contributed by atoms with Gasteiger partial charge in [-0.2, -0.15) is 10.1 Å². The number of furan rings is 1. The maximum absolute atomic E-state index is 12.6. The van der Waals surface area contributed by atoms with Crippen molar-refractivity contribution in [3.63, 3.8) is 0 Å². The lowest BCUT2D eigenvalue weighted by Crippen LogP contribution is -2.38. The fraction of sp³-hybridized carbons (Fsp3) is 0.471. The van der Waals surface area contributed by atoms with Crippen LogP contribution >= 0.6 is 0 Å². The minimum atomic E-state index is -0.225. The highest BCUT2D eigenvalue weighted by Gasteiger charge is 2.56. The first kappa shape index (κ1) is 14.2. The zero-order chi connectivity index (χ0) is 16.1. The highest BCUT2D eigenvalue weighted by Crippen LogP contribution is 2.49. The smallest absolute Gasteiger partial charge is 0.254 e. The third kappa shape index (κ3) is 2.12. The number of carbonyl (C=O) groups excluding carboxylic acids is 2. The molecule has 1 aromatic rings. The number of hydrazone groups is 1. The van der Waals surface area contributed by atoms with Crippen molar-refractivity contribution in [1.29, 1.82) is 0 Å². The van der Waals surface area contributed by atoms with E-state index in [4.69, 9.17) is 4.42 Å². The summed E-state index contributed by atoms with van der Waals surface area (Å²) in [6.07, 6.45) is 7.62. The molecular formula is C17H19N3O3. The average molecular weight is 313 g/mol. The molecule has 4 aliphatic rings. The van der Waals surface area contributed by atoms with Crippen LogP contribution in [0.4, 0.5) is 5.88 Å². The summed E-state index contributed by atoms with van der Waals surface area (Å²) >= 11 is 0. The molecule has 6 nitrogen and oxygen atoms in total. The molecular weight excluding hydrogens is 294 g/mol. The van der Waals surface area contributed by atoms with Gasteiger partial charge in [0.15, 0.2) is 5.88 Å². The Bertz CT molecular complexity index is 686. The van der Waals surface area contributed by atoms with E-state index in [0.29, 0.717) is 11.6 Å². The Morgan fingerprint density at radius 1 is 1.13 bits per heavy atom. The van der Waals surface area contributed by atoms with E-state index in [1.807, 2.05) is 25.1 Å². The summed E-state index contributed by atoms with van der Waals surface area (Å²) in [6, 6.07) is 3.58. The summed E-state index contributed by atoms with van der Waals surface area (Å²) in [7, 11) is 3.75. The molecule has 2 fully saturated rings. The molecule has 1 saturated heterocycles. The molecule has 0 spiro atoms. The quantitative estimate of drug-likeness (QED) is 0.485. The second kappa shape index (κ2) is 5.08. The molecule has 0 unspecified atom stereocenters. The monoisotopic (exact) mass is 313 g/mol. The Hall–Kier alpha value is -2.37. The summed E-state index contributed by atoms with van der Waals surface area (Å²) < 4.78 is 5.56. The van der Waals surface area contributed by atoms with Crippen LogP contribution in [0, 0.1) is 23.7 Å². The first-order valence-corrected chi connectivity index (χ1v) is 7.93. The highest BCUT2D eigenvalue weighted by molar-refractivity contribution is 6.06. The van der Waals surface area contributed by atoms with Crippen molar-refractivity contribution >= 4 is 23.9 Å². The second-order valence-electron chi connectivity index (χ2n) is 6.64. The Morgan fingerprint density at radius 3 is 2.22 bits per heavy atom. The Balaban J connectivity index is 1.57. The Kier molecular flexibility index (Phi) is 3.14. The molecule has 4 atom stereocenters. The van der Waals surface area contributed by atoms with E-state index >= 15 is 0 Å². The summed E-state index contributed by atoms with van der Waals surface area (Å²) in [5, 5.41) is 5.17. The van der Waals surface area contributed by atoms with Crippen LogP contribution in [0.1, 0.15) is 18.6 Å². The van der Waals surface area contributed by atoms with E-state index in [1.165, 1.54) is 6.21 Å². The second-order valence-corrected chi connectivity index (χ2v) is 6.64. The molecule has 0 radical (unpaired) electrons. The first-order valence-electron chi connectivity index (χ1n) is 7.93. The number of hydrogen-bond donors (Lipinski definition) is 0. The largest absolute Gasteiger partial charge is 0.440 e. The lowest BCUT2D eigenvalue weighted by atomic mass is 9.63. The maximum atomic E-state index is 12.6. The topological polar surface area (TPSA) is 66.1 Å². The molecule has 5 rings (SSSR count). The van der Waals surface area contributed by atoms with Gasteiger partial charge in [-0.15, -0.1) is 0 Å². The predicted molar refractivity (Wildman–Crippen MR) is 84.8 cm³/mol. The van der Waals surface area contributed by atoms with Crippen LogP contribution in [0.5, 0.6) is 0 Å². The van der Waals surface area contributed by atoms with Crippen molar-refractivity contribution in [2.24, 2.45) is 28.8 Å². The van der Waals surface area contributed by atoms with Crippen molar-refractivity contribution in [2.45, 2.75) is 12.8 Å². The van der Waals surface area contributed by atoms with Crippen molar-refractivity contribution in [2.75, 3.05) is 19.0 Å². The first-order chi connectivity index (χ1) is 11.1. The lowest BCUT2D eigenvalue weighted by molar-refractivity contribution is -0.140. The number of carbonyl (C=O) groups is 2. The van der Waals surface area contributed by atoms with Crippen molar-refractivity contribution in [3.05, 3.63) is 30.0 Å². The van der Waals surface area contributed by atoms with E-state index in [0.717, 1.165) is 17.9 Å². The minimum absolute atomic E-state index is 0.172. The summed E-state index contributed by atoms with van der Waals surface area (Å²) in [5.74, 6) is 0.793. The van der Waals surface area contributed by atoms with Gasteiger partial charge in [-0.3, -0.25) is 9.59 Å². The molecule has 1 saturated carbocycles. The number of hydrogen-bond acceptors (Lipinski definition) is 5. The van der Waals surface area contributed by atoms with Gasteiger partial charge in [0.2, 0.25) is 0 Å². The number of rotatable bonds is 3. The molecule has 1 aliphatic heterocycles. The van der Waals surface area contributed by atoms with E-state index < -0.39 is 0 Å². The van der Waals surface area contributed by atoms with Crippen molar-refractivity contribution < 1.29 is 14.0 Å². The number of imide groups is 1. The highest BCUT2D eigenvalue weighted by atomic mass is 16.4. The summed E-state index contributed by atoms with van der Waals surface area (Å²) in [5.41, 5.74) is 0. The van der Waals surface area contributed by atoms with Crippen LogP contribution in [-0.4, -0.2) is 37.1 Å². The normalized spacial score (nSPS) is 32.2. The van der Waals surface area contributed by atoms with E-state index in [1.54, 1.807) is 6.07 Å². The molecule has 0 N–H and O–H groups in total. The van der Waals surface area contributed by atoms with Crippen molar-refractivity contribution in [1.82, 2.24) is 5.01 Å². The van der Waals surface area contributed by atoms with Gasteiger partial charge in [0.05, 0.1) is 18.1 Å². The van der Waals surface area contributed by atoms with Gasteiger partial charge in [0, 0.05) is 20.2 Å². The maximum Gasteiger partial charge on any atom is 0.254 e. The van der Waals surface area contributed by atoms with Crippen LogP contribution in [0.25, 0.3) is 0 Å². The molecule has 6 heteroatoms. The molecule has 120 valence electrons. The zero-order valence-electron chi connectivity index (χ0n) is 13.2. The Morgan fingerprint density at radius 2 is 1.74 bits per heavy atom. The molecule has 2 amide bonds. The number of amides is 2. The van der Waals surface area contributed by atoms with Gasteiger partial charge < -0.3 is 9.32 Å². The standard InChI is InChI=1S/C17H19N3O3/c1-19(2)13-8-7-12(23-13)9-18-20-16(21)14-10-3-4-11(6-5-10)15(14)17(20)22/h3-4,7-11,14-15H,5-6H2,1-2H3/b18-9-/t10-,11-,14-,15+/m0/s1. The fourth-order valence-corrected chi connectivity index (χ4v) is 3.94. The summed E-state index contributed by atoms with van der Waals surface area (Å²) in [4.78, 5) is 27.0. The van der Waals surface area contributed by atoms with Crippen LogP contribution in [0.3, 0.4) is 0 Å². The van der Waals surface area contributed by atoms with Crippen LogP contribution in [-0.2, 0) is 9.59 Å². The third-order valence-corrected chi connectivity index (χ3v) is 5.09. The van der Waals surface area contributed by atoms with Gasteiger partial charge >= 0.3 is 0 Å². The van der Waals surface area contributed by atoms with Gasteiger partial charge in [0.1, 0.15) is 5.76 Å². The van der Waals surface area contributed by atoms with Gasteiger partial charge in [-0.25, -0.2) is 0 Å². The SMILES string of the molecule is CN(C)c1ccc(/C=N\N2C(=O)[C@@H]3[C@H](C2=O)[C@H]2C=C[C@H]3CC2)o1. The molecule has 23 heavy (non-hydrogen) atoms. The number of fused-ring (bicyclic) bond motifs is 1. The van der Waals surface area contributed by atoms with Gasteiger partial charge in [-0.05, 0) is 30.7 Å².